The van der Waals surface area contributed by atoms with Gasteiger partial charge < -0.3 is 0 Å². The molecule has 0 aromatic carbocycles. The first kappa shape index (κ1) is 10.0. The van der Waals surface area contributed by atoms with E-state index in [2.05, 4.69) is 34.6 Å². The van der Waals surface area contributed by atoms with Crippen LogP contribution in [0.1, 0.15) is 33.6 Å². The molecular formula is C10H20. The number of rotatable bonds is 4. The largest absolute Gasteiger partial charge is 0.0651 e. The average molecular weight is 140 g/mol. The molecule has 0 fully saturated rings. The van der Waals surface area contributed by atoms with Crippen molar-refractivity contribution in [3.05, 3.63) is 13.8 Å². The van der Waals surface area contributed by atoms with Crippen LogP contribution in [0, 0.1) is 31.6 Å². The molecule has 2 radical (unpaired) electrons. The molecular weight excluding hydrogens is 120 g/mol. The molecule has 0 aliphatic rings. The van der Waals surface area contributed by atoms with E-state index in [0.29, 0.717) is 5.92 Å². The van der Waals surface area contributed by atoms with Crippen molar-refractivity contribution < 1.29 is 0 Å². The highest BCUT2D eigenvalue weighted by molar-refractivity contribution is 4.72. The molecule has 0 bridgehead atoms. The van der Waals surface area contributed by atoms with Gasteiger partial charge in [0.1, 0.15) is 0 Å². The first-order chi connectivity index (χ1) is 4.63. The maximum Gasteiger partial charge on any atom is -0.0365 e. The predicted octanol–water partition coefficient (Wildman–Crippen LogP) is 3.34. The maximum atomic E-state index is 4.05. The standard InChI is InChI=1S/C10H20/c1-6-9(5)10(7-2)8(3)4/h8-10H,1,3,6-7H2,2,4-5H3. The predicted molar refractivity (Wildman–Crippen MR) is 47.4 cm³/mol. The Labute approximate surface area is 66.0 Å². The first-order valence-corrected chi connectivity index (χ1v) is 4.25. The Morgan fingerprint density at radius 3 is 1.90 bits per heavy atom. The van der Waals surface area contributed by atoms with Gasteiger partial charge in [0.25, 0.3) is 0 Å². The molecule has 0 N–H and O–H groups in total. The Morgan fingerprint density at radius 1 is 1.30 bits per heavy atom. The van der Waals surface area contributed by atoms with Gasteiger partial charge in [0, 0.05) is 0 Å². The summed E-state index contributed by atoms with van der Waals surface area (Å²) in [6, 6.07) is 0. The summed E-state index contributed by atoms with van der Waals surface area (Å²) in [7, 11) is 0. The normalized spacial score (nSPS) is 17.4. The fourth-order valence-corrected chi connectivity index (χ4v) is 1.58. The van der Waals surface area contributed by atoms with Crippen molar-refractivity contribution in [2.24, 2.45) is 17.8 Å². The van der Waals surface area contributed by atoms with E-state index < -0.39 is 0 Å². The number of hydrogen-bond acceptors (Lipinski definition) is 0. The molecule has 0 aliphatic heterocycles. The average Bonchev–Trinajstić information content (AvgIpc) is 1.88. The van der Waals surface area contributed by atoms with Crippen molar-refractivity contribution in [3.63, 3.8) is 0 Å². The van der Waals surface area contributed by atoms with E-state index in [9.17, 15) is 0 Å². The highest BCUT2D eigenvalue weighted by Gasteiger charge is 2.16. The Kier molecular flexibility index (Phi) is 4.76. The van der Waals surface area contributed by atoms with Gasteiger partial charge in [-0.15, -0.1) is 0 Å². The van der Waals surface area contributed by atoms with Gasteiger partial charge in [-0.2, -0.15) is 0 Å². The van der Waals surface area contributed by atoms with E-state index in [4.69, 9.17) is 0 Å². The highest BCUT2D eigenvalue weighted by Crippen LogP contribution is 2.25. The minimum atomic E-state index is 0.571. The second-order valence-electron chi connectivity index (χ2n) is 3.32. The van der Waals surface area contributed by atoms with Gasteiger partial charge in [-0.05, 0) is 17.8 Å². The van der Waals surface area contributed by atoms with Crippen LogP contribution in [0.5, 0.6) is 0 Å². The van der Waals surface area contributed by atoms with Crippen LogP contribution in [-0.2, 0) is 0 Å². The van der Waals surface area contributed by atoms with E-state index in [-0.39, 0.29) is 0 Å². The monoisotopic (exact) mass is 140 g/mol. The summed E-state index contributed by atoms with van der Waals surface area (Å²) >= 11 is 0. The molecule has 60 valence electrons. The van der Waals surface area contributed by atoms with E-state index in [1.807, 2.05) is 0 Å². The van der Waals surface area contributed by atoms with Gasteiger partial charge in [-0.25, -0.2) is 0 Å². The highest BCUT2D eigenvalue weighted by atomic mass is 14.2. The molecule has 0 heteroatoms. The molecule has 0 rings (SSSR count). The third kappa shape index (κ3) is 2.72. The minimum Gasteiger partial charge on any atom is -0.0651 e. The zero-order valence-electron chi connectivity index (χ0n) is 7.56. The SMILES string of the molecule is [CH2]CC(C)C(CC)C([CH2])C. The molecule has 0 saturated carbocycles. The fourth-order valence-electron chi connectivity index (χ4n) is 1.58. The summed E-state index contributed by atoms with van der Waals surface area (Å²) < 4.78 is 0. The molecule has 0 aromatic rings. The maximum absolute atomic E-state index is 4.05. The third-order valence-corrected chi connectivity index (χ3v) is 2.39. The van der Waals surface area contributed by atoms with Gasteiger partial charge in [0.05, 0.1) is 0 Å². The van der Waals surface area contributed by atoms with Crippen molar-refractivity contribution in [1.29, 1.82) is 0 Å². The molecule has 0 saturated heterocycles. The summed E-state index contributed by atoms with van der Waals surface area (Å²) in [5.74, 6) is 2.07. The van der Waals surface area contributed by atoms with Crippen LogP contribution in [0.15, 0.2) is 0 Å². The summed E-state index contributed by atoms with van der Waals surface area (Å²) in [6.07, 6.45) is 2.28. The van der Waals surface area contributed by atoms with E-state index >= 15 is 0 Å². The lowest BCUT2D eigenvalue weighted by molar-refractivity contribution is 0.283. The molecule has 0 amide bonds. The van der Waals surface area contributed by atoms with Crippen molar-refractivity contribution in [2.75, 3.05) is 0 Å². The van der Waals surface area contributed by atoms with Gasteiger partial charge >= 0.3 is 0 Å². The lowest BCUT2D eigenvalue weighted by Crippen LogP contribution is -2.16. The van der Waals surface area contributed by atoms with Crippen molar-refractivity contribution in [3.8, 4) is 0 Å². The summed E-state index contributed by atoms with van der Waals surface area (Å²) in [6.45, 7) is 14.7. The van der Waals surface area contributed by atoms with Crippen LogP contribution < -0.4 is 0 Å². The van der Waals surface area contributed by atoms with Gasteiger partial charge in [-0.3, -0.25) is 0 Å². The van der Waals surface area contributed by atoms with Gasteiger partial charge in [-0.1, -0.05) is 47.5 Å². The van der Waals surface area contributed by atoms with Crippen LogP contribution in [0.3, 0.4) is 0 Å². The third-order valence-electron chi connectivity index (χ3n) is 2.39. The van der Waals surface area contributed by atoms with Crippen LogP contribution >= 0.6 is 0 Å². The molecule has 10 heavy (non-hydrogen) atoms. The van der Waals surface area contributed by atoms with Crippen LogP contribution in [0.4, 0.5) is 0 Å². The van der Waals surface area contributed by atoms with Crippen molar-refractivity contribution in [2.45, 2.75) is 33.6 Å². The second-order valence-corrected chi connectivity index (χ2v) is 3.32. The summed E-state index contributed by atoms with van der Waals surface area (Å²) in [5, 5.41) is 0. The van der Waals surface area contributed by atoms with Gasteiger partial charge in [0.2, 0.25) is 0 Å². The summed E-state index contributed by atoms with van der Waals surface area (Å²) in [5.41, 5.74) is 0. The Hall–Kier alpha value is 0. The molecule has 3 atom stereocenters. The van der Waals surface area contributed by atoms with E-state index in [0.717, 1.165) is 18.3 Å². The van der Waals surface area contributed by atoms with Crippen LogP contribution in [-0.4, -0.2) is 0 Å². The van der Waals surface area contributed by atoms with Crippen molar-refractivity contribution >= 4 is 0 Å². The lowest BCUT2D eigenvalue weighted by atomic mass is 9.81. The fraction of sp³-hybridized carbons (Fsp3) is 0.800. The van der Waals surface area contributed by atoms with Crippen molar-refractivity contribution in [1.82, 2.24) is 0 Å². The summed E-state index contributed by atoms with van der Waals surface area (Å²) in [4.78, 5) is 0. The van der Waals surface area contributed by atoms with E-state index in [1.54, 1.807) is 0 Å². The first-order valence-electron chi connectivity index (χ1n) is 4.25. The molecule has 0 heterocycles. The molecule has 0 aromatic heterocycles. The Bertz CT molecular complexity index is 74.1. The smallest absolute Gasteiger partial charge is 0.0365 e. The molecule has 0 aliphatic carbocycles. The number of hydrogen-bond donors (Lipinski definition) is 0. The Morgan fingerprint density at radius 2 is 1.80 bits per heavy atom. The zero-order valence-corrected chi connectivity index (χ0v) is 7.56. The Balaban J connectivity index is 3.80. The topological polar surface area (TPSA) is 0 Å². The molecule has 3 unspecified atom stereocenters. The molecule has 0 spiro atoms. The lowest BCUT2D eigenvalue weighted by Gasteiger charge is -2.24. The van der Waals surface area contributed by atoms with Crippen LogP contribution in [0.2, 0.25) is 0 Å². The second kappa shape index (κ2) is 4.76. The van der Waals surface area contributed by atoms with E-state index in [1.165, 1.54) is 6.42 Å². The van der Waals surface area contributed by atoms with Crippen LogP contribution in [0.25, 0.3) is 0 Å². The zero-order chi connectivity index (χ0) is 8.15. The minimum absolute atomic E-state index is 0.571. The quantitative estimate of drug-likeness (QED) is 0.562. The molecule has 0 nitrogen and oxygen atoms in total. The van der Waals surface area contributed by atoms with Gasteiger partial charge in [0.15, 0.2) is 0 Å².